The van der Waals surface area contributed by atoms with Gasteiger partial charge in [-0.05, 0) is 24.6 Å². The van der Waals surface area contributed by atoms with Gasteiger partial charge in [0.2, 0.25) is 0 Å². The molecule has 2 aromatic rings. The van der Waals surface area contributed by atoms with E-state index in [9.17, 15) is 4.79 Å². The van der Waals surface area contributed by atoms with E-state index in [1.807, 2.05) is 23.1 Å². The van der Waals surface area contributed by atoms with Crippen molar-refractivity contribution in [1.82, 2.24) is 4.98 Å². The van der Waals surface area contributed by atoms with E-state index in [1.54, 1.807) is 10.9 Å². The van der Waals surface area contributed by atoms with Crippen molar-refractivity contribution in [3.63, 3.8) is 0 Å². The molecule has 2 N–H and O–H groups in total. The number of hydrogen-bond acceptors (Lipinski definition) is 4. The third-order valence-electron chi connectivity index (χ3n) is 3.48. The average molecular weight is 273 g/mol. The maximum Gasteiger partial charge on any atom is 0.277 e. The molecule has 0 fully saturated rings. The highest BCUT2D eigenvalue weighted by atomic mass is 32.1. The summed E-state index contributed by atoms with van der Waals surface area (Å²) in [4.78, 5) is 18.4. The van der Waals surface area contributed by atoms with Gasteiger partial charge in [0.15, 0.2) is 0 Å². The van der Waals surface area contributed by atoms with Crippen molar-refractivity contribution >= 4 is 22.9 Å². The highest BCUT2D eigenvalue weighted by molar-refractivity contribution is 7.07. The van der Waals surface area contributed by atoms with Gasteiger partial charge in [-0.25, -0.2) is 4.98 Å². The van der Waals surface area contributed by atoms with E-state index in [0.717, 1.165) is 12.1 Å². The number of nitrogens with two attached hydrogens (primary N) is 1. The van der Waals surface area contributed by atoms with Crippen LogP contribution in [-0.2, 0) is 0 Å². The first-order valence-electron chi connectivity index (χ1n) is 6.30. The lowest BCUT2D eigenvalue weighted by atomic mass is 9.98. The second-order valence-electron chi connectivity index (χ2n) is 4.62. The number of fused-ring (bicyclic) bond motifs is 1. The molecule has 0 saturated heterocycles. The van der Waals surface area contributed by atoms with E-state index in [1.165, 1.54) is 16.9 Å². The van der Waals surface area contributed by atoms with Crippen molar-refractivity contribution in [2.45, 2.75) is 12.3 Å². The van der Waals surface area contributed by atoms with Crippen LogP contribution in [0.3, 0.4) is 0 Å². The molecule has 0 spiro atoms. The number of para-hydroxylation sites is 1. The summed E-state index contributed by atoms with van der Waals surface area (Å²) in [6.45, 7) is 1.34. The first-order valence-corrected chi connectivity index (χ1v) is 7.24. The van der Waals surface area contributed by atoms with Crippen LogP contribution in [0, 0.1) is 0 Å². The first-order chi connectivity index (χ1) is 9.31. The minimum absolute atomic E-state index is 0.0202. The summed E-state index contributed by atoms with van der Waals surface area (Å²) in [5, 5.41) is 1.79. The lowest BCUT2D eigenvalue weighted by Gasteiger charge is -2.16. The van der Waals surface area contributed by atoms with Gasteiger partial charge in [0.1, 0.15) is 5.69 Å². The van der Waals surface area contributed by atoms with Gasteiger partial charge >= 0.3 is 0 Å². The number of benzene rings is 1. The Kier molecular flexibility index (Phi) is 3.31. The molecule has 5 heteroatoms. The molecule has 0 aliphatic carbocycles. The molecule has 1 aliphatic rings. The van der Waals surface area contributed by atoms with Gasteiger partial charge in [-0.2, -0.15) is 0 Å². The molecule has 1 atom stereocenters. The van der Waals surface area contributed by atoms with E-state index >= 15 is 0 Å². The third-order valence-corrected chi connectivity index (χ3v) is 4.07. The number of anilines is 1. The number of carbonyl (C=O) groups excluding carboxylic acids is 1. The fraction of sp³-hybridized carbons (Fsp3) is 0.286. The predicted octanol–water partition coefficient (Wildman–Crippen LogP) is 2.24. The van der Waals surface area contributed by atoms with Crippen LogP contribution in [0.25, 0.3) is 0 Å². The van der Waals surface area contributed by atoms with Crippen molar-refractivity contribution in [2.24, 2.45) is 5.73 Å². The summed E-state index contributed by atoms with van der Waals surface area (Å²) in [6.07, 6.45) is 0.901. The van der Waals surface area contributed by atoms with Crippen molar-refractivity contribution in [2.75, 3.05) is 18.0 Å². The van der Waals surface area contributed by atoms with Crippen LogP contribution in [0.15, 0.2) is 35.2 Å². The van der Waals surface area contributed by atoms with Gasteiger partial charge in [0.05, 0.1) is 5.51 Å². The van der Waals surface area contributed by atoms with Crippen LogP contribution in [0.1, 0.15) is 28.4 Å². The van der Waals surface area contributed by atoms with Gasteiger partial charge in [-0.3, -0.25) is 4.79 Å². The molecule has 1 aliphatic heterocycles. The van der Waals surface area contributed by atoms with E-state index in [0.29, 0.717) is 24.7 Å². The molecule has 0 radical (unpaired) electrons. The second kappa shape index (κ2) is 5.11. The Morgan fingerprint density at radius 1 is 1.47 bits per heavy atom. The first kappa shape index (κ1) is 12.3. The summed E-state index contributed by atoms with van der Waals surface area (Å²) in [5.41, 5.74) is 10.1. The van der Waals surface area contributed by atoms with E-state index in [4.69, 9.17) is 5.73 Å². The normalized spacial score (nSPS) is 17.5. The molecule has 4 nitrogen and oxygen atoms in total. The molecule has 1 amide bonds. The summed E-state index contributed by atoms with van der Waals surface area (Å²) in [5.74, 6) is 0.317. The fourth-order valence-electron chi connectivity index (χ4n) is 2.59. The van der Waals surface area contributed by atoms with Crippen LogP contribution in [0.4, 0.5) is 5.69 Å². The molecule has 1 aromatic carbocycles. The minimum Gasteiger partial charge on any atom is -0.330 e. The lowest BCUT2D eigenvalue weighted by Crippen LogP contribution is -2.30. The lowest BCUT2D eigenvalue weighted by molar-refractivity contribution is 0.0984. The monoisotopic (exact) mass is 273 g/mol. The minimum atomic E-state index is -0.0202. The van der Waals surface area contributed by atoms with Crippen molar-refractivity contribution in [3.8, 4) is 0 Å². The number of amides is 1. The molecule has 98 valence electrons. The van der Waals surface area contributed by atoms with E-state index in [2.05, 4.69) is 11.1 Å². The van der Waals surface area contributed by atoms with Crippen LogP contribution < -0.4 is 10.6 Å². The molecule has 1 aromatic heterocycles. The number of hydrogen-bond donors (Lipinski definition) is 1. The molecule has 0 saturated carbocycles. The van der Waals surface area contributed by atoms with Crippen molar-refractivity contribution < 1.29 is 4.79 Å². The van der Waals surface area contributed by atoms with Crippen LogP contribution in [0.2, 0.25) is 0 Å². The smallest absolute Gasteiger partial charge is 0.277 e. The Hall–Kier alpha value is -1.72. The number of aromatic nitrogens is 1. The van der Waals surface area contributed by atoms with Crippen molar-refractivity contribution in [1.29, 1.82) is 0 Å². The molecular weight excluding hydrogens is 258 g/mol. The Morgan fingerprint density at radius 3 is 3.05 bits per heavy atom. The molecule has 19 heavy (non-hydrogen) atoms. The Labute approximate surface area is 115 Å². The second-order valence-corrected chi connectivity index (χ2v) is 5.34. The molecular formula is C14H15N3OS. The quantitative estimate of drug-likeness (QED) is 0.933. The van der Waals surface area contributed by atoms with Gasteiger partial charge in [-0.15, -0.1) is 11.3 Å². The topological polar surface area (TPSA) is 59.2 Å². The Bertz CT molecular complexity index is 582. The zero-order valence-electron chi connectivity index (χ0n) is 10.5. The standard InChI is InChI=1S/C14H15N3OS/c15-6-5-10-7-17(13-4-2-1-3-11(10)13)14(18)12-8-19-9-16-12/h1-4,8-10H,5-7,15H2. The zero-order chi connectivity index (χ0) is 13.2. The summed E-state index contributed by atoms with van der Waals surface area (Å²) < 4.78 is 0. The zero-order valence-corrected chi connectivity index (χ0v) is 11.3. The maximum atomic E-state index is 12.5. The van der Waals surface area contributed by atoms with Crippen LogP contribution >= 0.6 is 11.3 Å². The molecule has 2 heterocycles. The summed E-state index contributed by atoms with van der Waals surface area (Å²) in [6, 6.07) is 8.06. The van der Waals surface area contributed by atoms with Crippen LogP contribution in [-0.4, -0.2) is 24.0 Å². The molecule has 0 bridgehead atoms. The van der Waals surface area contributed by atoms with Crippen molar-refractivity contribution in [3.05, 3.63) is 46.4 Å². The van der Waals surface area contributed by atoms with E-state index in [-0.39, 0.29) is 5.91 Å². The van der Waals surface area contributed by atoms with Crippen LogP contribution in [0.5, 0.6) is 0 Å². The summed E-state index contributed by atoms with van der Waals surface area (Å²) >= 11 is 1.44. The van der Waals surface area contributed by atoms with E-state index < -0.39 is 0 Å². The average Bonchev–Trinajstić information content (AvgIpc) is 3.07. The Balaban J connectivity index is 1.94. The van der Waals surface area contributed by atoms with Gasteiger partial charge in [0.25, 0.3) is 5.91 Å². The highest BCUT2D eigenvalue weighted by Gasteiger charge is 2.32. The van der Waals surface area contributed by atoms with Gasteiger partial charge in [-0.1, -0.05) is 18.2 Å². The largest absolute Gasteiger partial charge is 0.330 e. The predicted molar refractivity (Wildman–Crippen MR) is 76.6 cm³/mol. The molecule has 1 unspecified atom stereocenters. The SMILES string of the molecule is NCCC1CN(C(=O)c2cscn2)c2ccccc21. The molecule has 3 rings (SSSR count). The number of nitrogens with zero attached hydrogens (tertiary/aromatic N) is 2. The van der Waals surface area contributed by atoms with Gasteiger partial charge in [0, 0.05) is 23.5 Å². The summed E-state index contributed by atoms with van der Waals surface area (Å²) in [7, 11) is 0. The maximum absolute atomic E-state index is 12.5. The van der Waals surface area contributed by atoms with Gasteiger partial charge < -0.3 is 10.6 Å². The third kappa shape index (κ3) is 2.15. The Morgan fingerprint density at radius 2 is 2.32 bits per heavy atom. The number of thiazole rings is 1. The fourth-order valence-corrected chi connectivity index (χ4v) is 3.12. The highest BCUT2D eigenvalue weighted by Crippen LogP contribution is 2.38. The number of rotatable bonds is 3. The number of carbonyl (C=O) groups is 1.